The zero-order valence-corrected chi connectivity index (χ0v) is 25.9. The molecule has 0 amide bonds. The molecule has 7 aromatic carbocycles. The number of nitrogens with zero attached hydrogens (tertiary/aromatic N) is 3. The Morgan fingerprint density at radius 3 is 1.70 bits per heavy atom. The number of aryl methyl sites for hydroxylation is 1. The van der Waals surface area contributed by atoms with Crippen LogP contribution in [0.25, 0.3) is 88.5 Å². The number of benzene rings is 7. The van der Waals surface area contributed by atoms with Crippen molar-refractivity contribution in [3.05, 3.63) is 164 Å². The third kappa shape index (κ3) is 4.72. The molecule has 0 radical (unpaired) electrons. The van der Waals surface area contributed by atoms with Crippen molar-refractivity contribution in [1.82, 2.24) is 15.0 Å². The maximum absolute atomic E-state index is 5.10. The van der Waals surface area contributed by atoms with Gasteiger partial charge in [0.1, 0.15) is 0 Å². The zero-order valence-electron chi connectivity index (χ0n) is 25.9. The first-order chi connectivity index (χ1) is 23.2. The number of hydrogen-bond acceptors (Lipinski definition) is 3. The minimum Gasteiger partial charge on any atom is -0.264 e. The highest BCUT2D eigenvalue weighted by atomic mass is 14.9. The smallest absolute Gasteiger partial charge is 0.160 e. The molecular weight excluding hydrogens is 571 g/mol. The summed E-state index contributed by atoms with van der Waals surface area (Å²) in [6, 6.07) is 51.8. The molecule has 0 aliphatic rings. The van der Waals surface area contributed by atoms with Crippen molar-refractivity contribution in [2.75, 3.05) is 0 Å². The first-order valence-electron chi connectivity index (χ1n) is 15.9. The summed E-state index contributed by atoms with van der Waals surface area (Å²) >= 11 is 0. The van der Waals surface area contributed by atoms with Gasteiger partial charge in [0.05, 0.1) is 11.4 Å². The zero-order chi connectivity index (χ0) is 31.3. The highest BCUT2D eigenvalue weighted by Gasteiger charge is 2.14. The quantitative estimate of drug-likeness (QED) is 0.185. The molecule has 2 heterocycles. The van der Waals surface area contributed by atoms with E-state index in [1.165, 1.54) is 49.0 Å². The molecule has 0 saturated heterocycles. The van der Waals surface area contributed by atoms with Crippen LogP contribution in [0.3, 0.4) is 0 Å². The van der Waals surface area contributed by atoms with Crippen molar-refractivity contribution in [1.29, 1.82) is 0 Å². The van der Waals surface area contributed by atoms with E-state index in [0.29, 0.717) is 5.82 Å². The Kier molecular flexibility index (Phi) is 6.36. The second kappa shape index (κ2) is 11.0. The van der Waals surface area contributed by atoms with Gasteiger partial charge in [0.2, 0.25) is 0 Å². The summed E-state index contributed by atoms with van der Waals surface area (Å²) in [5.74, 6) is 0.701. The summed E-state index contributed by atoms with van der Waals surface area (Å²) in [5.41, 5.74) is 10.7. The molecule has 47 heavy (non-hydrogen) atoms. The van der Waals surface area contributed by atoms with E-state index in [2.05, 4.69) is 133 Å². The van der Waals surface area contributed by atoms with Crippen molar-refractivity contribution in [2.45, 2.75) is 6.92 Å². The van der Waals surface area contributed by atoms with Crippen molar-refractivity contribution in [3.8, 4) is 56.2 Å². The SMILES string of the molecule is Cc1ccncc1-c1ccc(-c2nc(-c3ccccc3)cc(-c3ccc(-c4ccc5ccc6cccc7ccc4c5c67)cc3)n2)cc1. The second-order valence-corrected chi connectivity index (χ2v) is 12.1. The first kappa shape index (κ1) is 27.1. The highest BCUT2D eigenvalue weighted by Crippen LogP contribution is 2.40. The fourth-order valence-corrected chi connectivity index (χ4v) is 6.85. The third-order valence-corrected chi connectivity index (χ3v) is 9.31. The molecule has 0 aliphatic carbocycles. The number of rotatable bonds is 5. The van der Waals surface area contributed by atoms with E-state index in [-0.39, 0.29) is 0 Å². The van der Waals surface area contributed by atoms with Gasteiger partial charge in [-0.3, -0.25) is 4.98 Å². The van der Waals surface area contributed by atoms with Crippen LogP contribution >= 0.6 is 0 Å². The molecule has 9 aromatic rings. The van der Waals surface area contributed by atoms with Gasteiger partial charge in [0.15, 0.2) is 5.82 Å². The van der Waals surface area contributed by atoms with Crippen molar-refractivity contribution in [2.24, 2.45) is 0 Å². The second-order valence-electron chi connectivity index (χ2n) is 12.1. The summed E-state index contributed by atoms with van der Waals surface area (Å²) < 4.78 is 0. The molecule has 2 aromatic heterocycles. The van der Waals surface area contributed by atoms with Gasteiger partial charge in [0, 0.05) is 34.6 Å². The predicted octanol–water partition coefficient (Wildman–Crippen LogP) is 11.4. The van der Waals surface area contributed by atoms with E-state index in [1.54, 1.807) is 0 Å². The summed E-state index contributed by atoms with van der Waals surface area (Å²) in [4.78, 5) is 14.5. The van der Waals surface area contributed by atoms with Gasteiger partial charge in [0.25, 0.3) is 0 Å². The molecule has 0 spiro atoms. The van der Waals surface area contributed by atoms with Crippen LogP contribution in [0.4, 0.5) is 0 Å². The molecule has 0 aliphatic heterocycles. The molecular formula is C44H29N3. The molecule has 220 valence electrons. The summed E-state index contributed by atoms with van der Waals surface area (Å²) in [5, 5.41) is 7.79. The van der Waals surface area contributed by atoms with E-state index in [4.69, 9.17) is 9.97 Å². The highest BCUT2D eigenvalue weighted by molar-refractivity contribution is 6.25. The molecule has 0 bridgehead atoms. The van der Waals surface area contributed by atoms with Gasteiger partial charge in [-0.1, -0.05) is 133 Å². The summed E-state index contributed by atoms with van der Waals surface area (Å²) in [6.45, 7) is 2.11. The molecule has 0 unspecified atom stereocenters. The molecule has 3 heteroatoms. The van der Waals surface area contributed by atoms with Gasteiger partial charge < -0.3 is 0 Å². The Bertz CT molecular complexity index is 2540. The fourth-order valence-electron chi connectivity index (χ4n) is 6.85. The molecule has 9 rings (SSSR count). The Labute approximate surface area is 273 Å². The minimum atomic E-state index is 0.701. The summed E-state index contributed by atoms with van der Waals surface area (Å²) in [7, 11) is 0. The van der Waals surface area contributed by atoms with Crippen molar-refractivity contribution >= 4 is 32.3 Å². The van der Waals surface area contributed by atoms with Gasteiger partial charge in [-0.2, -0.15) is 0 Å². The van der Waals surface area contributed by atoms with Gasteiger partial charge in [-0.15, -0.1) is 0 Å². The van der Waals surface area contributed by atoms with Crippen LogP contribution < -0.4 is 0 Å². The van der Waals surface area contributed by atoms with E-state index in [0.717, 1.165) is 39.2 Å². The van der Waals surface area contributed by atoms with Crippen LogP contribution in [0.1, 0.15) is 5.56 Å². The van der Waals surface area contributed by atoms with E-state index >= 15 is 0 Å². The summed E-state index contributed by atoms with van der Waals surface area (Å²) in [6.07, 6.45) is 3.75. The Balaban J connectivity index is 1.13. The first-order valence-corrected chi connectivity index (χ1v) is 15.9. The van der Waals surface area contributed by atoms with Crippen LogP contribution in [0.15, 0.2) is 158 Å². The van der Waals surface area contributed by atoms with Crippen LogP contribution in [0, 0.1) is 6.92 Å². The number of hydrogen-bond donors (Lipinski definition) is 0. The molecule has 0 saturated carbocycles. The van der Waals surface area contributed by atoms with Crippen molar-refractivity contribution < 1.29 is 0 Å². The van der Waals surface area contributed by atoms with Crippen LogP contribution in [-0.4, -0.2) is 15.0 Å². The van der Waals surface area contributed by atoms with E-state index in [1.807, 2.05) is 36.7 Å². The van der Waals surface area contributed by atoms with E-state index < -0.39 is 0 Å². The van der Waals surface area contributed by atoms with Gasteiger partial charge >= 0.3 is 0 Å². The average Bonchev–Trinajstić information content (AvgIpc) is 3.14. The minimum absolute atomic E-state index is 0.701. The maximum atomic E-state index is 5.10. The third-order valence-electron chi connectivity index (χ3n) is 9.31. The Morgan fingerprint density at radius 2 is 1.00 bits per heavy atom. The lowest BCUT2D eigenvalue weighted by atomic mass is 9.89. The number of aromatic nitrogens is 3. The van der Waals surface area contributed by atoms with Crippen molar-refractivity contribution in [3.63, 3.8) is 0 Å². The fraction of sp³-hybridized carbons (Fsp3) is 0.0227. The maximum Gasteiger partial charge on any atom is 0.160 e. The lowest BCUT2D eigenvalue weighted by Gasteiger charge is -2.14. The Morgan fingerprint density at radius 1 is 0.426 bits per heavy atom. The lowest BCUT2D eigenvalue weighted by Crippen LogP contribution is -1.96. The molecule has 0 fully saturated rings. The Hall–Kier alpha value is -6.19. The predicted molar refractivity (Wildman–Crippen MR) is 195 cm³/mol. The largest absolute Gasteiger partial charge is 0.264 e. The molecule has 0 N–H and O–H groups in total. The van der Waals surface area contributed by atoms with Crippen LogP contribution in [0.5, 0.6) is 0 Å². The van der Waals surface area contributed by atoms with Crippen LogP contribution in [-0.2, 0) is 0 Å². The standard InChI is InChI=1S/C44H29N3/c1-28-24-25-45-27-39(28)30-12-18-36(19-13-30)44-46-40(31-6-3-2-4-7-31)26-41(47-44)32-14-10-29(11-15-32)37-22-20-35-17-16-33-8-5-9-34-21-23-38(37)43(35)42(33)34/h2-27H,1H3. The van der Waals surface area contributed by atoms with Gasteiger partial charge in [-0.05, 0) is 73.6 Å². The molecule has 3 nitrogen and oxygen atoms in total. The normalized spacial score (nSPS) is 11.5. The van der Waals surface area contributed by atoms with Crippen LogP contribution in [0.2, 0.25) is 0 Å². The van der Waals surface area contributed by atoms with E-state index in [9.17, 15) is 0 Å². The lowest BCUT2D eigenvalue weighted by molar-refractivity contribution is 1.18. The number of pyridine rings is 1. The topological polar surface area (TPSA) is 38.7 Å². The van der Waals surface area contributed by atoms with Gasteiger partial charge in [-0.25, -0.2) is 9.97 Å². The monoisotopic (exact) mass is 599 g/mol. The average molecular weight is 600 g/mol. The molecule has 0 atom stereocenters.